The van der Waals surface area contributed by atoms with Gasteiger partial charge in [0.15, 0.2) is 6.61 Å². The first-order valence-corrected chi connectivity index (χ1v) is 9.60. The van der Waals surface area contributed by atoms with Crippen LogP contribution in [-0.4, -0.2) is 62.0 Å². The minimum atomic E-state index is -3.70. The van der Waals surface area contributed by atoms with Gasteiger partial charge in [0.25, 0.3) is 5.91 Å². The number of hydrogen-bond donors (Lipinski definition) is 0. The van der Waals surface area contributed by atoms with Crippen LogP contribution in [0.2, 0.25) is 0 Å². The highest BCUT2D eigenvalue weighted by atomic mass is 32.2. The van der Waals surface area contributed by atoms with Gasteiger partial charge in [0, 0.05) is 19.1 Å². The molecule has 2 amide bonds. The third kappa shape index (κ3) is 3.34. The molecular formula is C16H20N2O6S. The summed E-state index contributed by atoms with van der Waals surface area (Å²) in [6.07, 6.45) is 0.126. The summed E-state index contributed by atoms with van der Waals surface area (Å²) in [5.74, 6) is -0.0431. The molecule has 1 aromatic carbocycles. The minimum absolute atomic E-state index is 0.131. The summed E-state index contributed by atoms with van der Waals surface area (Å²) in [5.41, 5.74) is 0. The minimum Gasteiger partial charge on any atom is -0.492 e. The molecule has 0 N–H and O–H groups in total. The molecule has 2 aliphatic heterocycles. The molecule has 25 heavy (non-hydrogen) atoms. The van der Waals surface area contributed by atoms with Gasteiger partial charge in [-0.05, 0) is 31.9 Å². The van der Waals surface area contributed by atoms with E-state index in [1.807, 2.05) is 0 Å². The van der Waals surface area contributed by atoms with Gasteiger partial charge in [-0.25, -0.2) is 18.1 Å². The lowest BCUT2D eigenvalue weighted by Gasteiger charge is -2.34. The molecule has 9 heteroatoms. The highest BCUT2D eigenvalue weighted by Gasteiger charge is 2.40. The van der Waals surface area contributed by atoms with Crippen LogP contribution in [0.3, 0.4) is 0 Å². The van der Waals surface area contributed by atoms with Crippen LogP contribution in [0.1, 0.15) is 19.8 Å². The molecule has 0 unspecified atom stereocenters. The second-order valence-electron chi connectivity index (χ2n) is 5.83. The summed E-state index contributed by atoms with van der Waals surface area (Å²) in [6, 6.07) is 6.20. The molecule has 2 fully saturated rings. The van der Waals surface area contributed by atoms with Crippen LogP contribution in [0.15, 0.2) is 29.2 Å². The molecular weight excluding hydrogens is 348 g/mol. The van der Waals surface area contributed by atoms with E-state index in [0.29, 0.717) is 25.2 Å². The summed E-state index contributed by atoms with van der Waals surface area (Å²) >= 11 is 0. The van der Waals surface area contributed by atoms with Crippen molar-refractivity contribution in [2.24, 2.45) is 0 Å². The van der Waals surface area contributed by atoms with Gasteiger partial charge in [-0.2, -0.15) is 4.31 Å². The Hall–Kier alpha value is -2.13. The Morgan fingerprint density at radius 2 is 1.88 bits per heavy atom. The maximum atomic E-state index is 12.9. The quantitative estimate of drug-likeness (QED) is 0.776. The fraction of sp³-hybridized carbons (Fsp3) is 0.500. The molecule has 0 radical (unpaired) electrons. The van der Waals surface area contributed by atoms with Crippen molar-refractivity contribution in [3.63, 3.8) is 0 Å². The van der Waals surface area contributed by atoms with E-state index in [1.54, 1.807) is 25.1 Å². The fourth-order valence-electron chi connectivity index (χ4n) is 3.13. The van der Waals surface area contributed by atoms with Crippen molar-refractivity contribution in [3.05, 3.63) is 24.3 Å². The monoisotopic (exact) mass is 368 g/mol. The number of imide groups is 1. The van der Waals surface area contributed by atoms with Crippen molar-refractivity contribution in [1.29, 1.82) is 0 Å². The molecule has 0 saturated carbocycles. The van der Waals surface area contributed by atoms with Crippen molar-refractivity contribution >= 4 is 22.0 Å². The zero-order valence-electron chi connectivity index (χ0n) is 13.9. The highest BCUT2D eigenvalue weighted by molar-refractivity contribution is 7.89. The van der Waals surface area contributed by atoms with Crippen LogP contribution in [0.25, 0.3) is 0 Å². The zero-order chi connectivity index (χ0) is 18.0. The first-order valence-electron chi connectivity index (χ1n) is 8.16. The number of hydrogen-bond acceptors (Lipinski definition) is 6. The largest absolute Gasteiger partial charge is 0.492 e. The standard InChI is InChI=1S/C16H20N2O6S/c1-2-23-13-5-3-4-6-14(13)25(21,22)17-9-7-12(8-10-17)18-15(19)11-24-16(18)20/h3-6,12H,2,7-11H2,1H3. The van der Waals surface area contributed by atoms with E-state index in [2.05, 4.69) is 0 Å². The number of cyclic esters (lactones) is 1. The molecule has 0 spiro atoms. The van der Waals surface area contributed by atoms with Crippen molar-refractivity contribution in [3.8, 4) is 5.75 Å². The number of rotatable bonds is 5. The molecule has 2 heterocycles. The van der Waals surface area contributed by atoms with E-state index in [4.69, 9.17) is 9.47 Å². The van der Waals surface area contributed by atoms with Gasteiger partial charge >= 0.3 is 6.09 Å². The zero-order valence-corrected chi connectivity index (χ0v) is 14.7. The van der Waals surface area contributed by atoms with Gasteiger partial charge in [-0.1, -0.05) is 12.1 Å². The molecule has 136 valence electrons. The number of benzene rings is 1. The second kappa shape index (κ2) is 7.01. The lowest BCUT2D eigenvalue weighted by atomic mass is 10.1. The van der Waals surface area contributed by atoms with E-state index in [1.165, 1.54) is 10.4 Å². The first kappa shape index (κ1) is 17.7. The molecule has 0 aromatic heterocycles. The Balaban J connectivity index is 1.74. The SMILES string of the molecule is CCOc1ccccc1S(=O)(=O)N1CCC(N2C(=O)COC2=O)CC1. The Morgan fingerprint density at radius 3 is 2.48 bits per heavy atom. The Kier molecular flexibility index (Phi) is 4.96. The van der Waals surface area contributed by atoms with Gasteiger partial charge in [-0.3, -0.25) is 4.79 Å². The third-order valence-corrected chi connectivity index (χ3v) is 6.28. The van der Waals surface area contributed by atoms with E-state index in [-0.39, 0.29) is 36.5 Å². The first-order chi connectivity index (χ1) is 11.9. The maximum Gasteiger partial charge on any atom is 0.417 e. The maximum absolute atomic E-state index is 12.9. The topological polar surface area (TPSA) is 93.2 Å². The lowest BCUT2D eigenvalue weighted by molar-refractivity contribution is -0.127. The molecule has 1 aromatic rings. The van der Waals surface area contributed by atoms with Gasteiger partial charge in [0.2, 0.25) is 10.0 Å². The molecule has 0 bridgehead atoms. The van der Waals surface area contributed by atoms with Gasteiger partial charge in [0.1, 0.15) is 10.6 Å². The van der Waals surface area contributed by atoms with Crippen LogP contribution in [0, 0.1) is 0 Å². The molecule has 8 nitrogen and oxygen atoms in total. The number of piperidine rings is 1. The number of amides is 2. The fourth-order valence-corrected chi connectivity index (χ4v) is 4.74. The number of carbonyl (C=O) groups excluding carboxylic acids is 2. The number of ether oxygens (including phenoxy) is 2. The van der Waals surface area contributed by atoms with Gasteiger partial charge in [0.05, 0.1) is 6.61 Å². The number of sulfonamides is 1. The van der Waals surface area contributed by atoms with E-state index in [0.717, 1.165) is 4.90 Å². The Bertz CT molecular complexity index is 755. The second-order valence-corrected chi connectivity index (χ2v) is 7.74. The van der Waals surface area contributed by atoms with Crippen molar-refractivity contribution in [2.75, 3.05) is 26.3 Å². The highest BCUT2D eigenvalue weighted by Crippen LogP contribution is 2.30. The molecule has 0 aliphatic carbocycles. The predicted octanol–water partition coefficient (Wildman–Crippen LogP) is 1.22. The average molecular weight is 368 g/mol. The summed E-state index contributed by atoms with van der Waals surface area (Å²) < 4.78 is 37.3. The summed E-state index contributed by atoms with van der Waals surface area (Å²) in [4.78, 5) is 24.6. The lowest BCUT2D eigenvalue weighted by Crippen LogP contribution is -2.48. The third-order valence-electron chi connectivity index (χ3n) is 4.34. The van der Waals surface area contributed by atoms with Gasteiger partial charge in [-0.15, -0.1) is 0 Å². The Labute approximate surface area is 146 Å². The van der Waals surface area contributed by atoms with Crippen molar-refractivity contribution in [2.45, 2.75) is 30.7 Å². The normalized spacial score (nSPS) is 20.0. The number of para-hydroxylation sites is 1. The molecule has 2 saturated heterocycles. The van der Waals surface area contributed by atoms with Crippen LogP contribution >= 0.6 is 0 Å². The number of nitrogens with zero attached hydrogens (tertiary/aromatic N) is 2. The Morgan fingerprint density at radius 1 is 1.20 bits per heavy atom. The summed E-state index contributed by atoms with van der Waals surface area (Å²) in [6.45, 7) is 2.38. The predicted molar refractivity (Wildman–Crippen MR) is 87.6 cm³/mol. The van der Waals surface area contributed by atoms with E-state index < -0.39 is 16.1 Å². The van der Waals surface area contributed by atoms with Gasteiger partial charge < -0.3 is 9.47 Å². The number of carbonyl (C=O) groups is 2. The average Bonchev–Trinajstić information content (AvgIpc) is 2.94. The van der Waals surface area contributed by atoms with Crippen LogP contribution in [-0.2, 0) is 19.6 Å². The summed E-state index contributed by atoms with van der Waals surface area (Å²) in [7, 11) is -3.70. The molecule has 3 rings (SSSR count). The van der Waals surface area contributed by atoms with Crippen LogP contribution < -0.4 is 4.74 Å². The smallest absolute Gasteiger partial charge is 0.417 e. The van der Waals surface area contributed by atoms with Crippen LogP contribution in [0.5, 0.6) is 5.75 Å². The molecule has 0 atom stereocenters. The van der Waals surface area contributed by atoms with E-state index in [9.17, 15) is 18.0 Å². The van der Waals surface area contributed by atoms with Crippen LogP contribution in [0.4, 0.5) is 4.79 Å². The van der Waals surface area contributed by atoms with Crippen molar-refractivity contribution < 1.29 is 27.5 Å². The summed E-state index contributed by atoms with van der Waals surface area (Å²) in [5, 5.41) is 0. The molecule has 2 aliphatic rings. The van der Waals surface area contributed by atoms with Crippen molar-refractivity contribution in [1.82, 2.24) is 9.21 Å². The van der Waals surface area contributed by atoms with E-state index >= 15 is 0 Å².